The van der Waals surface area contributed by atoms with Gasteiger partial charge in [-0.2, -0.15) is 0 Å². The fourth-order valence-electron chi connectivity index (χ4n) is 1.94. The Morgan fingerprint density at radius 1 is 1.50 bits per heavy atom. The number of aryl methyl sites for hydroxylation is 2. The fourth-order valence-corrected chi connectivity index (χ4v) is 1.94. The van der Waals surface area contributed by atoms with Crippen molar-refractivity contribution in [2.24, 2.45) is 0 Å². The number of carbonyl (C=O) groups excluding carboxylic acids is 1. The number of aldehydes is 1. The quantitative estimate of drug-likeness (QED) is 0.720. The normalized spacial score (nSPS) is 10.7. The van der Waals surface area contributed by atoms with E-state index in [1.807, 2.05) is 12.3 Å². The number of fused-ring (bicyclic) bond motifs is 1. The molecule has 14 heavy (non-hydrogen) atoms. The van der Waals surface area contributed by atoms with Crippen LogP contribution < -0.4 is 0 Å². The average molecular weight is 187 g/mol. The van der Waals surface area contributed by atoms with E-state index in [1.54, 1.807) is 0 Å². The van der Waals surface area contributed by atoms with E-state index in [4.69, 9.17) is 0 Å². The number of aromatic nitrogens is 1. The van der Waals surface area contributed by atoms with Crippen LogP contribution in [0.2, 0.25) is 0 Å². The first kappa shape index (κ1) is 9.00. The van der Waals surface area contributed by atoms with Crippen molar-refractivity contribution < 1.29 is 4.79 Å². The van der Waals surface area contributed by atoms with Gasteiger partial charge >= 0.3 is 0 Å². The maximum absolute atomic E-state index is 11.0. The molecule has 0 unspecified atom stereocenters. The van der Waals surface area contributed by atoms with Crippen molar-refractivity contribution in [2.75, 3.05) is 0 Å². The molecule has 2 aromatic rings. The van der Waals surface area contributed by atoms with Crippen LogP contribution >= 0.6 is 0 Å². The smallest absolute Gasteiger partial charge is 0.151 e. The number of carbonyl (C=O) groups is 1. The van der Waals surface area contributed by atoms with Crippen LogP contribution in [0.1, 0.15) is 28.4 Å². The van der Waals surface area contributed by atoms with Crippen LogP contribution in [0.3, 0.4) is 0 Å². The van der Waals surface area contributed by atoms with Crippen molar-refractivity contribution in [1.82, 2.24) is 4.98 Å². The molecule has 1 heterocycles. The van der Waals surface area contributed by atoms with Gasteiger partial charge in [-0.1, -0.05) is 13.0 Å². The largest absolute Gasteiger partial charge is 0.361 e. The molecular formula is C12H13NO. The van der Waals surface area contributed by atoms with Gasteiger partial charge < -0.3 is 4.98 Å². The zero-order chi connectivity index (χ0) is 10.1. The second kappa shape index (κ2) is 3.29. The van der Waals surface area contributed by atoms with Crippen LogP contribution in [-0.2, 0) is 6.42 Å². The Labute approximate surface area is 82.9 Å². The lowest BCUT2D eigenvalue weighted by molar-refractivity contribution is 0.112. The van der Waals surface area contributed by atoms with Gasteiger partial charge in [0.15, 0.2) is 6.29 Å². The standard InChI is InChI=1S/C12H13NO/c1-3-9-6-8(2)12-10(4-5-13-12)11(9)7-14/h4-7,13H,3H2,1-2H3. The second-order valence-electron chi connectivity index (χ2n) is 3.50. The first-order valence-corrected chi connectivity index (χ1v) is 4.82. The molecular weight excluding hydrogens is 174 g/mol. The van der Waals surface area contributed by atoms with Gasteiger partial charge in [-0.25, -0.2) is 0 Å². The highest BCUT2D eigenvalue weighted by molar-refractivity contribution is 5.99. The van der Waals surface area contributed by atoms with Crippen molar-refractivity contribution >= 4 is 17.2 Å². The van der Waals surface area contributed by atoms with Crippen LogP contribution in [0.25, 0.3) is 10.9 Å². The number of benzene rings is 1. The number of rotatable bonds is 2. The fraction of sp³-hybridized carbons (Fsp3) is 0.250. The third-order valence-corrected chi connectivity index (χ3v) is 2.67. The summed E-state index contributed by atoms with van der Waals surface area (Å²) in [6.07, 6.45) is 3.73. The van der Waals surface area contributed by atoms with Crippen molar-refractivity contribution in [3.8, 4) is 0 Å². The number of hydrogen-bond donors (Lipinski definition) is 1. The molecule has 0 bridgehead atoms. The number of H-pyrrole nitrogens is 1. The Morgan fingerprint density at radius 2 is 2.29 bits per heavy atom. The summed E-state index contributed by atoms with van der Waals surface area (Å²) in [6.45, 7) is 4.13. The lowest BCUT2D eigenvalue weighted by Gasteiger charge is -2.06. The van der Waals surface area contributed by atoms with Crippen molar-refractivity contribution in [3.63, 3.8) is 0 Å². The summed E-state index contributed by atoms with van der Waals surface area (Å²) in [5, 5.41) is 1.04. The van der Waals surface area contributed by atoms with E-state index in [1.165, 1.54) is 5.56 Å². The summed E-state index contributed by atoms with van der Waals surface area (Å²) in [4.78, 5) is 14.2. The predicted octanol–water partition coefficient (Wildman–Crippen LogP) is 2.85. The summed E-state index contributed by atoms with van der Waals surface area (Å²) in [7, 11) is 0. The molecule has 0 saturated heterocycles. The van der Waals surface area contributed by atoms with Crippen LogP contribution in [-0.4, -0.2) is 11.3 Å². The van der Waals surface area contributed by atoms with Gasteiger partial charge in [-0.15, -0.1) is 0 Å². The summed E-state index contributed by atoms with van der Waals surface area (Å²) in [5.41, 5.74) is 4.23. The van der Waals surface area contributed by atoms with Gasteiger partial charge in [0.2, 0.25) is 0 Å². The highest BCUT2D eigenvalue weighted by Crippen LogP contribution is 2.24. The van der Waals surface area contributed by atoms with E-state index in [0.717, 1.165) is 34.7 Å². The molecule has 1 aromatic carbocycles. The van der Waals surface area contributed by atoms with Gasteiger partial charge in [0.25, 0.3) is 0 Å². The van der Waals surface area contributed by atoms with Gasteiger partial charge in [-0.3, -0.25) is 4.79 Å². The first-order valence-electron chi connectivity index (χ1n) is 4.82. The molecule has 0 aliphatic heterocycles. The summed E-state index contributed by atoms with van der Waals surface area (Å²) in [6, 6.07) is 4.05. The molecule has 0 fully saturated rings. The first-order chi connectivity index (χ1) is 6.77. The Hall–Kier alpha value is -1.57. The monoisotopic (exact) mass is 187 g/mol. The molecule has 2 heteroatoms. The SMILES string of the molecule is CCc1cc(C)c2[nH]ccc2c1C=O. The molecule has 0 saturated carbocycles. The zero-order valence-electron chi connectivity index (χ0n) is 8.42. The van der Waals surface area contributed by atoms with E-state index in [0.29, 0.717) is 0 Å². The van der Waals surface area contributed by atoms with Gasteiger partial charge in [-0.05, 0) is 30.5 Å². The summed E-state index contributed by atoms with van der Waals surface area (Å²) >= 11 is 0. The van der Waals surface area contributed by atoms with E-state index in [2.05, 4.69) is 24.9 Å². The van der Waals surface area contributed by atoms with Crippen LogP contribution in [0.15, 0.2) is 18.3 Å². The third-order valence-electron chi connectivity index (χ3n) is 2.67. The van der Waals surface area contributed by atoms with Crippen LogP contribution in [0.5, 0.6) is 0 Å². The Balaban J connectivity index is 2.88. The highest BCUT2D eigenvalue weighted by atomic mass is 16.1. The molecule has 1 aromatic heterocycles. The highest BCUT2D eigenvalue weighted by Gasteiger charge is 2.08. The predicted molar refractivity (Wildman–Crippen MR) is 57.8 cm³/mol. The second-order valence-corrected chi connectivity index (χ2v) is 3.50. The molecule has 0 radical (unpaired) electrons. The van der Waals surface area contributed by atoms with Gasteiger partial charge in [0.1, 0.15) is 0 Å². The van der Waals surface area contributed by atoms with Gasteiger partial charge in [0, 0.05) is 22.7 Å². The molecule has 0 atom stereocenters. The number of hydrogen-bond acceptors (Lipinski definition) is 1. The van der Waals surface area contributed by atoms with E-state index < -0.39 is 0 Å². The molecule has 0 aliphatic rings. The summed E-state index contributed by atoms with van der Waals surface area (Å²) in [5.74, 6) is 0. The molecule has 0 amide bonds. The maximum atomic E-state index is 11.0. The third kappa shape index (κ3) is 1.15. The topological polar surface area (TPSA) is 32.9 Å². The lowest BCUT2D eigenvalue weighted by Crippen LogP contribution is -1.93. The molecule has 0 aliphatic carbocycles. The lowest BCUT2D eigenvalue weighted by atomic mass is 9.99. The van der Waals surface area contributed by atoms with E-state index >= 15 is 0 Å². The van der Waals surface area contributed by atoms with Crippen LogP contribution in [0, 0.1) is 6.92 Å². The minimum absolute atomic E-state index is 0.828. The van der Waals surface area contributed by atoms with Crippen molar-refractivity contribution in [2.45, 2.75) is 20.3 Å². The zero-order valence-corrected chi connectivity index (χ0v) is 8.42. The minimum atomic E-state index is 0.828. The molecule has 1 N–H and O–H groups in total. The number of nitrogens with one attached hydrogen (secondary N) is 1. The van der Waals surface area contributed by atoms with Crippen molar-refractivity contribution in [3.05, 3.63) is 35.0 Å². The Morgan fingerprint density at radius 3 is 2.93 bits per heavy atom. The minimum Gasteiger partial charge on any atom is -0.361 e. The Kier molecular flexibility index (Phi) is 2.12. The molecule has 0 spiro atoms. The maximum Gasteiger partial charge on any atom is 0.151 e. The average Bonchev–Trinajstić information content (AvgIpc) is 2.66. The molecule has 2 nitrogen and oxygen atoms in total. The number of aromatic amines is 1. The van der Waals surface area contributed by atoms with E-state index in [9.17, 15) is 4.79 Å². The Bertz CT molecular complexity index is 482. The van der Waals surface area contributed by atoms with Crippen LogP contribution in [0.4, 0.5) is 0 Å². The molecule has 72 valence electrons. The van der Waals surface area contributed by atoms with Gasteiger partial charge in [0.05, 0.1) is 0 Å². The van der Waals surface area contributed by atoms with Crippen molar-refractivity contribution in [1.29, 1.82) is 0 Å². The summed E-state index contributed by atoms with van der Waals surface area (Å²) < 4.78 is 0. The molecule has 2 rings (SSSR count). The van der Waals surface area contributed by atoms with E-state index in [-0.39, 0.29) is 0 Å².